The van der Waals surface area contributed by atoms with Gasteiger partial charge in [-0.2, -0.15) is 0 Å². The molecule has 1 amide bonds. The molecule has 0 spiro atoms. The van der Waals surface area contributed by atoms with Gasteiger partial charge in [-0.15, -0.1) is 0 Å². The molecule has 154 valence electrons. The van der Waals surface area contributed by atoms with Crippen LogP contribution in [0, 0.1) is 11.8 Å². The topological polar surface area (TPSA) is 54.9 Å². The fraction of sp³-hybridized carbons (Fsp3) is 0.727. The van der Waals surface area contributed by atoms with Gasteiger partial charge in [-0.1, -0.05) is 0 Å². The summed E-state index contributed by atoms with van der Waals surface area (Å²) >= 11 is 0. The van der Waals surface area contributed by atoms with E-state index in [9.17, 15) is 4.79 Å². The monoisotopic (exact) mass is 387 g/mol. The largest absolute Gasteiger partial charge is 0.490 e. The lowest BCUT2D eigenvalue weighted by molar-refractivity contribution is 0.0187. The highest BCUT2D eigenvalue weighted by Gasteiger charge is 2.34. The number of pyridine rings is 1. The number of rotatable bonds is 4. The second-order valence-corrected chi connectivity index (χ2v) is 9.61. The maximum atomic E-state index is 12.4. The van der Waals surface area contributed by atoms with Gasteiger partial charge in [0, 0.05) is 25.7 Å². The molecule has 2 aliphatic heterocycles. The number of hydrogen-bond donors (Lipinski definition) is 0. The maximum absolute atomic E-state index is 12.4. The summed E-state index contributed by atoms with van der Waals surface area (Å²) in [6.07, 6.45) is 9.54. The summed E-state index contributed by atoms with van der Waals surface area (Å²) in [5, 5.41) is 0. The van der Waals surface area contributed by atoms with Crippen LogP contribution in [-0.4, -0.2) is 53.9 Å². The zero-order valence-electron chi connectivity index (χ0n) is 17.4. The molecule has 1 aliphatic carbocycles. The molecular weight excluding hydrogens is 354 g/mol. The van der Waals surface area contributed by atoms with Crippen molar-refractivity contribution in [3.8, 4) is 5.75 Å². The first kappa shape index (κ1) is 19.3. The van der Waals surface area contributed by atoms with Crippen molar-refractivity contribution in [1.82, 2.24) is 9.88 Å². The molecule has 3 atom stereocenters. The Morgan fingerprint density at radius 2 is 1.93 bits per heavy atom. The number of likely N-dealkylation sites (tertiary alicyclic amines) is 1. The van der Waals surface area contributed by atoms with Gasteiger partial charge in [0.25, 0.3) is 0 Å². The fourth-order valence-electron chi connectivity index (χ4n) is 4.84. The summed E-state index contributed by atoms with van der Waals surface area (Å²) in [6, 6.07) is 2.16. The Morgan fingerprint density at radius 3 is 2.64 bits per heavy atom. The van der Waals surface area contributed by atoms with Crippen molar-refractivity contribution in [2.24, 2.45) is 11.8 Å². The quantitative estimate of drug-likeness (QED) is 0.779. The molecule has 1 saturated carbocycles. The van der Waals surface area contributed by atoms with Crippen molar-refractivity contribution in [3.05, 3.63) is 18.5 Å². The van der Waals surface area contributed by atoms with Gasteiger partial charge < -0.3 is 19.3 Å². The van der Waals surface area contributed by atoms with Crippen LogP contribution in [0.15, 0.2) is 18.5 Å². The Balaban J connectivity index is 1.35. The van der Waals surface area contributed by atoms with Crippen LogP contribution in [0.3, 0.4) is 0 Å². The van der Waals surface area contributed by atoms with E-state index in [1.165, 1.54) is 19.3 Å². The van der Waals surface area contributed by atoms with Crippen molar-refractivity contribution in [2.45, 2.75) is 64.5 Å². The second-order valence-electron chi connectivity index (χ2n) is 9.61. The van der Waals surface area contributed by atoms with E-state index in [0.29, 0.717) is 6.61 Å². The number of carbonyl (C=O) groups excluding carboxylic acids is 1. The zero-order valence-corrected chi connectivity index (χ0v) is 17.4. The van der Waals surface area contributed by atoms with E-state index in [2.05, 4.69) is 16.0 Å². The first-order valence-electron chi connectivity index (χ1n) is 10.7. The molecule has 3 aliphatic rings. The van der Waals surface area contributed by atoms with E-state index in [0.717, 1.165) is 55.7 Å². The molecule has 3 heterocycles. The van der Waals surface area contributed by atoms with Crippen LogP contribution in [0.2, 0.25) is 0 Å². The van der Waals surface area contributed by atoms with Crippen molar-refractivity contribution in [3.63, 3.8) is 0 Å². The van der Waals surface area contributed by atoms with Gasteiger partial charge >= 0.3 is 6.09 Å². The Morgan fingerprint density at radius 1 is 1.18 bits per heavy atom. The van der Waals surface area contributed by atoms with Crippen molar-refractivity contribution in [2.75, 3.05) is 31.1 Å². The first-order valence-corrected chi connectivity index (χ1v) is 10.7. The molecule has 6 nitrogen and oxygen atoms in total. The molecule has 2 bridgehead atoms. The van der Waals surface area contributed by atoms with E-state index in [-0.39, 0.29) is 12.1 Å². The summed E-state index contributed by atoms with van der Waals surface area (Å²) in [5.74, 6) is 2.46. The summed E-state index contributed by atoms with van der Waals surface area (Å²) in [5.41, 5.74) is 0.682. The third-order valence-corrected chi connectivity index (χ3v) is 6.12. The molecule has 3 fully saturated rings. The second kappa shape index (κ2) is 7.80. The number of aromatic nitrogens is 1. The molecular formula is C22H33N3O3. The van der Waals surface area contributed by atoms with Crippen LogP contribution < -0.4 is 9.64 Å². The lowest BCUT2D eigenvalue weighted by Gasteiger charge is -2.33. The van der Waals surface area contributed by atoms with Gasteiger partial charge in [0.15, 0.2) is 0 Å². The fourth-order valence-corrected chi connectivity index (χ4v) is 4.84. The molecule has 1 aromatic rings. The van der Waals surface area contributed by atoms with Crippen molar-refractivity contribution >= 4 is 11.8 Å². The third kappa shape index (κ3) is 4.53. The van der Waals surface area contributed by atoms with E-state index >= 15 is 0 Å². The average molecular weight is 388 g/mol. The molecule has 0 aromatic carbocycles. The van der Waals surface area contributed by atoms with E-state index in [4.69, 9.17) is 9.47 Å². The van der Waals surface area contributed by atoms with Gasteiger partial charge in [-0.05, 0) is 64.7 Å². The van der Waals surface area contributed by atoms with Crippen LogP contribution in [0.5, 0.6) is 5.75 Å². The number of fused-ring (bicyclic) bond motifs is 2. The average Bonchev–Trinajstić information content (AvgIpc) is 3.25. The highest BCUT2D eigenvalue weighted by atomic mass is 16.6. The number of nitrogens with zero attached hydrogens (tertiary/aromatic N) is 3. The van der Waals surface area contributed by atoms with Crippen LogP contribution >= 0.6 is 0 Å². The Bertz CT molecular complexity index is 691. The summed E-state index contributed by atoms with van der Waals surface area (Å²) in [4.78, 5) is 21.1. The Hall–Kier alpha value is -1.98. The molecule has 2 saturated heterocycles. The molecule has 1 aromatic heterocycles. The van der Waals surface area contributed by atoms with Gasteiger partial charge in [0.1, 0.15) is 18.0 Å². The molecule has 4 rings (SSSR count). The third-order valence-electron chi connectivity index (χ3n) is 6.12. The van der Waals surface area contributed by atoms with E-state index in [1.54, 1.807) is 6.20 Å². The van der Waals surface area contributed by atoms with Crippen LogP contribution in [0.4, 0.5) is 10.5 Å². The number of ether oxygens (including phenoxy) is 2. The summed E-state index contributed by atoms with van der Waals surface area (Å²) in [6.45, 7) is 9.18. The number of piperidine rings is 1. The molecule has 28 heavy (non-hydrogen) atoms. The predicted octanol–water partition coefficient (Wildman–Crippen LogP) is 4.10. The molecule has 6 heteroatoms. The predicted molar refractivity (Wildman–Crippen MR) is 109 cm³/mol. The number of amides is 1. The SMILES string of the molecule is CC(C)(C)OC(=O)N1CCC[C@H]1COc1cncc(N2CC3CCC(C3)C2)c1. The van der Waals surface area contributed by atoms with Crippen LogP contribution in [0.1, 0.15) is 52.9 Å². The first-order chi connectivity index (χ1) is 13.4. The lowest BCUT2D eigenvalue weighted by Crippen LogP contribution is -2.42. The Kier molecular flexibility index (Phi) is 5.39. The zero-order chi connectivity index (χ0) is 19.7. The van der Waals surface area contributed by atoms with E-state index in [1.807, 2.05) is 31.9 Å². The van der Waals surface area contributed by atoms with Crippen LogP contribution in [-0.2, 0) is 4.74 Å². The smallest absolute Gasteiger partial charge is 0.410 e. The minimum atomic E-state index is -0.475. The highest BCUT2D eigenvalue weighted by molar-refractivity contribution is 5.69. The molecule has 0 radical (unpaired) electrons. The van der Waals surface area contributed by atoms with Crippen molar-refractivity contribution in [1.29, 1.82) is 0 Å². The van der Waals surface area contributed by atoms with Crippen LogP contribution in [0.25, 0.3) is 0 Å². The van der Waals surface area contributed by atoms with E-state index < -0.39 is 5.60 Å². The normalized spacial score (nSPS) is 27.2. The number of hydrogen-bond acceptors (Lipinski definition) is 5. The molecule has 2 unspecified atom stereocenters. The van der Waals surface area contributed by atoms with Gasteiger partial charge in [-0.3, -0.25) is 4.98 Å². The summed E-state index contributed by atoms with van der Waals surface area (Å²) < 4.78 is 11.6. The number of carbonyl (C=O) groups is 1. The van der Waals surface area contributed by atoms with Gasteiger partial charge in [-0.25, -0.2) is 4.79 Å². The minimum Gasteiger partial charge on any atom is -0.490 e. The standard InChI is InChI=1S/C22H33N3O3/c1-22(2,3)28-21(26)25-8-4-5-18(25)15-27-20-10-19(11-23-12-20)24-13-16-6-7-17(9-16)14-24/h10-12,16-18H,4-9,13-15H2,1-3H3/t16?,17?,18-/m0/s1. The highest BCUT2D eigenvalue weighted by Crippen LogP contribution is 2.38. The Labute approximate surface area is 168 Å². The maximum Gasteiger partial charge on any atom is 0.410 e. The summed E-state index contributed by atoms with van der Waals surface area (Å²) in [7, 11) is 0. The van der Waals surface area contributed by atoms with Gasteiger partial charge in [0.2, 0.25) is 0 Å². The number of anilines is 1. The molecule has 0 N–H and O–H groups in total. The van der Waals surface area contributed by atoms with Crippen molar-refractivity contribution < 1.29 is 14.3 Å². The minimum absolute atomic E-state index is 0.0596. The van der Waals surface area contributed by atoms with Gasteiger partial charge in [0.05, 0.1) is 24.1 Å². The lowest BCUT2D eigenvalue weighted by atomic mass is 9.98.